The first kappa shape index (κ1) is 19.3. The van der Waals surface area contributed by atoms with Crippen molar-refractivity contribution in [2.75, 3.05) is 10.8 Å². The van der Waals surface area contributed by atoms with Gasteiger partial charge in [-0.05, 0) is 30.2 Å². The molecular formula is C16H18N4O5S. The molecule has 0 bridgehead atoms. The van der Waals surface area contributed by atoms with E-state index in [0.29, 0.717) is 0 Å². The maximum absolute atomic E-state index is 13.1. The Morgan fingerprint density at radius 2 is 1.81 bits per heavy atom. The van der Waals surface area contributed by atoms with Gasteiger partial charge in [0, 0.05) is 6.07 Å². The fourth-order valence-corrected chi connectivity index (χ4v) is 3.92. The van der Waals surface area contributed by atoms with Gasteiger partial charge in [-0.1, -0.05) is 31.2 Å². The molecule has 0 aromatic heterocycles. The summed E-state index contributed by atoms with van der Waals surface area (Å²) < 4.78 is 26.9. The highest BCUT2D eigenvalue weighted by Gasteiger charge is 2.32. The molecule has 2 aromatic rings. The van der Waals surface area contributed by atoms with Crippen LogP contribution in [-0.4, -0.2) is 25.8 Å². The van der Waals surface area contributed by atoms with Gasteiger partial charge < -0.3 is 0 Å². The lowest BCUT2D eigenvalue weighted by Gasteiger charge is -2.23. The number of sulfonamides is 1. The van der Waals surface area contributed by atoms with E-state index < -0.39 is 38.0 Å². The van der Waals surface area contributed by atoms with Crippen molar-refractivity contribution in [1.82, 2.24) is 5.43 Å². The van der Waals surface area contributed by atoms with Crippen LogP contribution in [0.3, 0.4) is 0 Å². The van der Waals surface area contributed by atoms with Crippen molar-refractivity contribution in [3.05, 3.63) is 64.2 Å². The van der Waals surface area contributed by atoms with Crippen molar-refractivity contribution in [2.24, 2.45) is 5.84 Å². The van der Waals surface area contributed by atoms with Crippen LogP contribution in [0.25, 0.3) is 0 Å². The molecule has 1 amide bonds. The van der Waals surface area contributed by atoms with Crippen molar-refractivity contribution < 1.29 is 18.1 Å². The molecule has 0 saturated heterocycles. The summed E-state index contributed by atoms with van der Waals surface area (Å²) in [6.45, 7) is 1.33. The van der Waals surface area contributed by atoms with E-state index >= 15 is 0 Å². The van der Waals surface area contributed by atoms with Crippen LogP contribution in [0.4, 0.5) is 11.4 Å². The average molecular weight is 378 g/mol. The molecule has 0 fully saturated rings. The second-order valence-electron chi connectivity index (χ2n) is 5.32. The fourth-order valence-electron chi connectivity index (χ4n) is 2.33. The molecule has 0 spiro atoms. The lowest BCUT2D eigenvalue weighted by Crippen LogP contribution is -2.43. The third kappa shape index (κ3) is 3.98. The number of para-hydroxylation sites is 1. The van der Waals surface area contributed by atoms with Crippen LogP contribution in [0.2, 0.25) is 0 Å². The SMILES string of the molecule is CCc1ccc(N(CC(=O)NN)S(=O)(=O)c2ccccc2[N+](=O)[O-])cc1. The Kier molecular flexibility index (Phi) is 5.90. The summed E-state index contributed by atoms with van der Waals surface area (Å²) in [5.41, 5.74) is 2.47. The molecule has 0 saturated carbocycles. The number of nitrogens with zero attached hydrogens (tertiary/aromatic N) is 2. The molecule has 9 nitrogen and oxygen atoms in total. The second-order valence-corrected chi connectivity index (χ2v) is 7.15. The summed E-state index contributed by atoms with van der Waals surface area (Å²) in [6.07, 6.45) is 0.750. The first-order chi connectivity index (χ1) is 12.3. The van der Waals surface area contributed by atoms with Gasteiger partial charge in [0.25, 0.3) is 21.6 Å². The van der Waals surface area contributed by atoms with Gasteiger partial charge in [-0.15, -0.1) is 0 Å². The Labute approximate surface area is 150 Å². The number of aryl methyl sites for hydroxylation is 1. The number of hydrogen-bond acceptors (Lipinski definition) is 6. The van der Waals surface area contributed by atoms with Crippen LogP contribution in [0.15, 0.2) is 53.4 Å². The monoisotopic (exact) mass is 378 g/mol. The van der Waals surface area contributed by atoms with Crippen LogP contribution < -0.4 is 15.6 Å². The van der Waals surface area contributed by atoms with E-state index in [1.807, 2.05) is 12.3 Å². The van der Waals surface area contributed by atoms with Crippen LogP contribution in [0, 0.1) is 10.1 Å². The Balaban J connectivity index is 2.60. The van der Waals surface area contributed by atoms with Crippen molar-refractivity contribution in [3.63, 3.8) is 0 Å². The highest BCUT2D eigenvalue weighted by molar-refractivity contribution is 7.93. The third-order valence-corrected chi connectivity index (χ3v) is 5.53. The number of anilines is 1. The number of carbonyl (C=O) groups excluding carboxylic acids is 1. The Morgan fingerprint density at radius 1 is 1.19 bits per heavy atom. The second kappa shape index (κ2) is 7.93. The standard InChI is InChI=1S/C16H18N4O5S/c1-2-12-7-9-13(10-8-12)19(11-16(21)18-17)26(24,25)15-6-4-3-5-14(15)20(22)23/h3-10H,2,11,17H2,1H3,(H,18,21). The number of amides is 1. The van der Waals surface area contributed by atoms with E-state index in [1.54, 1.807) is 12.1 Å². The van der Waals surface area contributed by atoms with Crippen LogP contribution >= 0.6 is 0 Å². The maximum Gasteiger partial charge on any atom is 0.289 e. The van der Waals surface area contributed by atoms with E-state index in [4.69, 9.17) is 5.84 Å². The predicted octanol–water partition coefficient (Wildman–Crippen LogP) is 1.34. The van der Waals surface area contributed by atoms with Crippen molar-refractivity contribution in [2.45, 2.75) is 18.2 Å². The van der Waals surface area contributed by atoms with Crippen molar-refractivity contribution >= 4 is 27.3 Å². The average Bonchev–Trinajstić information content (AvgIpc) is 2.65. The number of nitro groups is 1. The van der Waals surface area contributed by atoms with E-state index in [9.17, 15) is 23.3 Å². The smallest absolute Gasteiger partial charge is 0.289 e. The highest BCUT2D eigenvalue weighted by atomic mass is 32.2. The topological polar surface area (TPSA) is 136 Å². The summed E-state index contributed by atoms with van der Waals surface area (Å²) >= 11 is 0. The molecule has 0 radical (unpaired) electrons. The minimum Gasteiger partial charge on any atom is -0.293 e. The van der Waals surface area contributed by atoms with Crippen molar-refractivity contribution in [1.29, 1.82) is 0 Å². The molecule has 0 aliphatic carbocycles. The molecule has 0 atom stereocenters. The van der Waals surface area contributed by atoms with E-state index in [-0.39, 0.29) is 5.69 Å². The number of rotatable bonds is 7. The Hall–Kier alpha value is -2.98. The number of nitrogens with two attached hydrogens (primary N) is 1. The lowest BCUT2D eigenvalue weighted by molar-refractivity contribution is -0.387. The molecule has 138 valence electrons. The van der Waals surface area contributed by atoms with E-state index in [2.05, 4.69) is 0 Å². The summed E-state index contributed by atoms with van der Waals surface area (Å²) in [4.78, 5) is 21.7. The molecule has 3 N–H and O–H groups in total. The maximum atomic E-state index is 13.1. The molecule has 0 aliphatic heterocycles. The Morgan fingerprint density at radius 3 is 2.35 bits per heavy atom. The van der Waals surface area contributed by atoms with Crippen LogP contribution in [-0.2, 0) is 21.2 Å². The number of benzene rings is 2. The first-order valence-electron chi connectivity index (χ1n) is 7.65. The normalized spacial score (nSPS) is 11.0. The van der Waals surface area contributed by atoms with Gasteiger partial charge in [0.2, 0.25) is 0 Å². The van der Waals surface area contributed by atoms with Gasteiger partial charge in [-0.2, -0.15) is 0 Å². The summed E-state index contributed by atoms with van der Waals surface area (Å²) in [5.74, 6) is 4.32. The van der Waals surface area contributed by atoms with E-state index in [1.165, 1.54) is 24.3 Å². The van der Waals surface area contributed by atoms with Gasteiger partial charge >= 0.3 is 0 Å². The summed E-state index contributed by atoms with van der Waals surface area (Å²) in [6, 6.07) is 11.5. The molecular weight excluding hydrogens is 360 g/mol. The summed E-state index contributed by atoms with van der Waals surface area (Å²) in [5, 5.41) is 11.2. The minimum absolute atomic E-state index is 0.198. The number of nitro benzene ring substituents is 1. The van der Waals surface area contributed by atoms with Gasteiger partial charge in [0.1, 0.15) is 6.54 Å². The van der Waals surface area contributed by atoms with Crippen molar-refractivity contribution in [3.8, 4) is 0 Å². The van der Waals surface area contributed by atoms with Crippen LogP contribution in [0.1, 0.15) is 12.5 Å². The minimum atomic E-state index is -4.38. The molecule has 10 heteroatoms. The molecule has 0 heterocycles. The predicted molar refractivity (Wildman–Crippen MR) is 95.8 cm³/mol. The number of carbonyl (C=O) groups is 1. The number of hydrazine groups is 1. The highest BCUT2D eigenvalue weighted by Crippen LogP contribution is 2.29. The van der Waals surface area contributed by atoms with Gasteiger partial charge in [0.15, 0.2) is 4.90 Å². The Bertz CT molecular complexity index is 912. The fraction of sp³-hybridized carbons (Fsp3) is 0.188. The zero-order chi connectivity index (χ0) is 19.3. The molecule has 2 aromatic carbocycles. The van der Waals surface area contributed by atoms with Gasteiger partial charge in [-0.25, -0.2) is 14.3 Å². The molecule has 0 aliphatic rings. The largest absolute Gasteiger partial charge is 0.293 e. The van der Waals surface area contributed by atoms with Crippen LogP contribution in [0.5, 0.6) is 0 Å². The van der Waals surface area contributed by atoms with E-state index in [0.717, 1.165) is 28.4 Å². The van der Waals surface area contributed by atoms with Gasteiger partial charge in [-0.3, -0.25) is 24.6 Å². The lowest BCUT2D eigenvalue weighted by atomic mass is 10.1. The molecule has 2 rings (SSSR count). The molecule has 0 unspecified atom stereocenters. The first-order valence-corrected chi connectivity index (χ1v) is 9.09. The van der Waals surface area contributed by atoms with Gasteiger partial charge in [0.05, 0.1) is 10.6 Å². The number of hydrogen-bond donors (Lipinski definition) is 2. The third-order valence-electron chi connectivity index (χ3n) is 3.71. The molecule has 26 heavy (non-hydrogen) atoms. The zero-order valence-corrected chi connectivity index (χ0v) is 14.8. The number of nitrogens with one attached hydrogen (secondary N) is 1. The quantitative estimate of drug-likeness (QED) is 0.323. The zero-order valence-electron chi connectivity index (χ0n) is 14.0. The summed E-state index contributed by atoms with van der Waals surface area (Å²) in [7, 11) is -4.38.